The summed E-state index contributed by atoms with van der Waals surface area (Å²) in [5, 5.41) is 5.77. The van der Waals surface area contributed by atoms with Gasteiger partial charge in [-0.25, -0.2) is 14.6 Å². The first kappa shape index (κ1) is 22.0. The number of rotatable bonds is 5. The maximum absolute atomic E-state index is 12.3. The highest BCUT2D eigenvalue weighted by Crippen LogP contribution is 2.43. The van der Waals surface area contributed by atoms with E-state index in [1.807, 2.05) is 64.2 Å². The number of hydrogen-bond acceptors (Lipinski definition) is 6. The van der Waals surface area contributed by atoms with Gasteiger partial charge in [0, 0.05) is 18.7 Å². The van der Waals surface area contributed by atoms with Crippen molar-refractivity contribution in [2.24, 2.45) is 0 Å². The molecule has 1 unspecified atom stereocenters. The third-order valence-electron chi connectivity index (χ3n) is 7.03. The maximum atomic E-state index is 12.3. The van der Waals surface area contributed by atoms with Gasteiger partial charge in [0.15, 0.2) is 5.65 Å². The molecule has 2 N–H and O–H groups in total. The van der Waals surface area contributed by atoms with Crippen molar-refractivity contribution in [1.82, 2.24) is 24.6 Å². The molecule has 4 aromatic rings. The fourth-order valence-corrected chi connectivity index (χ4v) is 5.25. The summed E-state index contributed by atoms with van der Waals surface area (Å²) in [6.07, 6.45) is 5.67. The second-order valence-corrected chi connectivity index (χ2v) is 9.09. The molecule has 1 aliphatic heterocycles. The Balaban J connectivity index is 1.37. The van der Waals surface area contributed by atoms with Crippen molar-refractivity contribution >= 4 is 22.8 Å². The highest BCUT2D eigenvalue weighted by atomic mass is 16.5. The van der Waals surface area contributed by atoms with Crippen molar-refractivity contribution in [3.05, 3.63) is 84.7 Å². The van der Waals surface area contributed by atoms with E-state index in [2.05, 4.69) is 16.5 Å². The van der Waals surface area contributed by atoms with Gasteiger partial charge >= 0.3 is 0 Å². The summed E-state index contributed by atoms with van der Waals surface area (Å²) in [7, 11) is 0. The summed E-state index contributed by atoms with van der Waals surface area (Å²) in [6.45, 7) is 4.97. The summed E-state index contributed by atoms with van der Waals surface area (Å²) in [4.78, 5) is 23.0. The molecule has 2 aromatic carbocycles. The number of amides is 1. The fourth-order valence-electron chi connectivity index (χ4n) is 5.25. The zero-order valence-corrected chi connectivity index (χ0v) is 19.8. The number of fused-ring (bicyclic) bond motifs is 1. The third-order valence-corrected chi connectivity index (χ3v) is 7.03. The van der Waals surface area contributed by atoms with Crippen LogP contribution < -0.4 is 10.5 Å². The zero-order chi connectivity index (χ0) is 24.6. The lowest BCUT2D eigenvalue weighted by atomic mass is 10.0. The normalized spacial score (nSPS) is 17.3. The van der Waals surface area contributed by atoms with Gasteiger partial charge in [0.25, 0.3) is 0 Å². The first-order chi connectivity index (χ1) is 17.6. The molecular weight excluding hydrogens is 452 g/mol. The summed E-state index contributed by atoms with van der Waals surface area (Å²) >= 11 is 0. The second-order valence-electron chi connectivity index (χ2n) is 9.09. The lowest BCUT2D eigenvalue weighted by molar-refractivity contribution is -0.125. The van der Waals surface area contributed by atoms with Gasteiger partial charge in [-0.15, -0.1) is 0 Å². The van der Waals surface area contributed by atoms with E-state index in [1.165, 1.54) is 23.5 Å². The quantitative estimate of drug-likeness (QED) is 0.323. The van der Waals surface area contributed by atoms with Crippen LogP contribution in [-0.4, -0.2) is 43.6 Å². The van der Waals surface area contributed by atoms with Crippen molar-refractivity contribution in [2.75, 3.05) is 18.8 Å². The van der Waals surface area contributed by atoms with Gasteiger partial charge in [0.05, 0.1) is 11.4 Å². The number of para-hydroxylation sites is 1. The predicted octanol–water partition coefficient (Wildman–Crippen LogP) is 4.92. The Bertz CT molecular complexity index is 1490. The molecule has 8 heteroatoms. The maximum Gasteiger partial charge on any atom is 0.246 e. The molecule has 0 radical (unpaired) electrons. The molecule has 0 saturated carbocycles. The lowest BCUT2D eigenvalue weighted by Crippen LogP contribution is -2.36. The number of carbonyl (C=O) groups excluding carboxylic acids is 1. The molecule has 3 heterocycles. The molecular formula is C28H26N6O2. The van der Waals surface area contributed by atoms with Gasteiger partial charge in [0.1, 0.15) is 29.3 Å². The smallest absolute Gasteiger partial charge is 0.246 e. The van der Waals surface area contributed by atoms with Gasteiger partial charge in [-0.05, 0) is 67.3 Å². The third kappa shape index (κ3) is 3.80. The number of aromatic nitrogens is 4. The highest BCUT2D eigenvalue weighted by molar-refractivity contribution is 5.98. The van der Waals surface area contributed by atoms with E-state index in [-0.39, 0.29) is 11.9 Å². The number of nitrogens with zero attached hydrogens (tertiary/aromatic N) is 5. The van der Waals surface area contributed by atoms with E-state index in [9.17, 15) is 4.79 Å². The minimum absolute atomic E-state index is 0.0200. The molecule has 180 valence electrons. The Morgan fingerprint density at radius 1 is 1.06 bits per heavy atom. The molecule has 2 aliphatic rings. The van der Waals surface area contributed by atoms with Gasteiger partial charge < -0.3 is 15.4 Å². The topological polar surface area (TPSA) is 99.2 Å². The summed E-state index contributed by atoms with van der Waals surface area (Å²) in [5.41, 5.74) is 11.3. The van der Waals surface area contributed by atoms with Crippen LogP contribution in [0.1, 0.15) is 25.3 Å². The summed E-state index contributed by atoms with van der Waals surface area (Å²) in [6, 6.07) is 17.5. The Labute approximate surface area is 208 Å². The number of carbonyl (C=O) groups is 1. The van der Waals surface area contributed by atoms with E-state index in [0.29, 0.717) is 18.0 Å². The predicted molar refractivity (Wildman–Crippen MR) is 138 cm³/mol. The first-order valence-electron chi connectivity index (χ1n) is 12.1. The molecule has 2 aromatic heterocycles. The number of nitrogen functional groups attached to an aromatic ring is 1. The standard InChI is InChI=1S/C28H26N6O2/c1-2-24(35)33-15-14-18-10-13-23(22(18)16-33)34-28-25(27(29)30-17-31-28)26(32-34)19-8-11-21(12-9-19)36-20-6-4-3-5-7-20/h2-9,11-12,17,23H,1,10,13-16H2,(H2,29,30,31). The highest BCUT2D eigenvalue weighted by Gasteiger charge is 2.34. The Hall–Kier alpha value is -4.46. The molecule has 1 atom stereocenters. The molecule has 36 heavy (non-hydrogen) atoms. The van der Waals surface area contributed by atoms with Crippen LogP contribution in [0.5, 0.6) is 11.5 Å². The largest absolute Gasteiger partial charge is 0.457 e. The van der Waals surface area contributed by atoms with Crippen LogP contribution in [0.15, 0.2) is 84.7 Å². The van der Waals surface area contributed by atoms with Gasteiger partial charge in [0.2, 0.25) is 5.91 Å². The van der Waals surface area contributed by atoms with Crippen LogP contribution in [0, 0.1) is 0 Å². The number of hydrogen-bond donors (Lipinski definition) is 1. The average molecular weight is 479 g/mol. The van der Waals surface area contributed by atoms with Crippen LogP contribution >= 0.6 is 0 Å². The van der Waals surface area contributed by atoms with E-state index in [0.717, 1.165) is 53.9 Å². The Morgan fingerprint density at radius 2 is 1.83 bits per heavy atom. The van der Waals surface area contributed by atoms with E-state index in [1.54, 1.807) is 0 Å². The Kier molecular flexibility index (Phi) is 5.48. The monoisotopic (exact) mass is 478 g/mol. The molecule has 6 rings (SSSR count). The van der Waals surface area contributed by atoms with E-state index >= 15 is 0 Å². The SMILES string of the molecule is C=CC(=O)N1CCC2=C(C1)C(n1nc(-c3ccc(Oc4ccccc4)cc3)c3c(N)ncnc31)CC2. The molecule has 0 spiro atoms. The lowest BCUT2D eigenvalue weighted by Gasteiger charge is -2.30. The molecule has 0 saturated heterocycles. The average Bonchev–Trinajstić information content (AvgIpc) is 3.51. The molecule has 1 aliphatic carbocycles. The second kappa shape index (κ2) is 8.96. The Morgan fingerprint density at radius 3 is 2.61 bits per heavy atom. The van der Waals surface area contributed by atoms with Crippen LogP contribution in [0.4, 0.5) is 5.82 Å². The summed E-state index contributed by atoms with van der Waals surface area (Å²) < 4.78 is 7.92. The van der Waals surface area contributed by atoms with Crippen LogP contribution in [0.2, 0.25) is 0 Å². The first-order valence-corrected chi connectivity index (χ1v) is 12.1. The molecule has 0 bridgehead atoms. The molecule has 0 fully saturated rings. The zero-order valence-electron chi connectivity index (χ0n) is 19.8. The van der Waals surface area contributed by atoms with E-state index < -0.39 is 0 Å². The van der Waals surface area contributed by atoms with Gasteiger partial charge in [-0.2, -0.15) is 5.10 Å². The van der Waals surface area contributed by atoms with Crippen molar-refractivity contribution in [3.8, 4) is 22.8 Å². The van der Waals surface area contributed by atoms with Gasteiger partial charge in [-0.3, -0.25) is 4.79 Å². The van der Waals surface area contributed by atoms with Crippen molar-refractivity contribution in [2.45, 2.75) is 25.3 Å². The number of anilines is 1. The number of benzene rings is 2. The number of ether oxygens (including phenoxy) is 1. The number of nitrogens with two attached hydrogens (primary N) is 1. The minimum atomic E-state index is -0.0393. The van der Waals surface area contributed by atoms with Crippen LogP contribution in [0.3, 0.4) is 0 Å². The van der Waals surface area contributed by atoms with E-state index in [4.69, 9.17) is 15.6 Å². The van der Waals surface area contributed by atoms with Crippen molar-refractivity contribution in [3.63, 3.8) is 0 Å². The van der Waals surface area contributed by atoms with Gasteiger partial charge in [-0.1, -0.05) is 30.4 Å². The molecule has 8 nitrogen and oxygen atoms in total. The fraction of sp³-hybridized carbons (Fsp3) is 0.214. The van der Waals surface area contributed by atoms with Crippen molar-refractivity contribution in [1.29, 1.82) is 0 Å². The molecule has 1 amide bonds. The summed E-state index contributed by atoms with van der Waals surface area (Å²) in [5.74, 6) is 1.87. The van der Waals surface area contributed by atoms with Crippen molar-refractivity contribution < 1.29 is 9.53 Å². The minimum Gasteiger partial charge on any atom is -0.457 e. The van der Waals surface area contributed by atoms with Crippen LogP contribution in [0.25, 0.3) is 22.3 Å². The van der Waals surface area contributed by atoms with Crippen LogP contribution in [-0.2, 0) is 4.79 Å².